The molecule has 0 spiro atoms. The van der Waals surface area contributed by atoms with Crippen molar-refractivity contribution in [2.24, 2.45) is 0 Å². The minimum absolute atomic E-state index is 0.0127. The molecule has 0 saturated carbocycles. The van der Waals surface area contributed by atoms with Crippen LogP contribution in [-0.4, -0.2) is 22.1 Å². The molecule has 0 bridgehead atoms. The lowest BCUT2D eigenvalue weighted by atomic mass is 10.2. The van der Waals surface area contributed by atoms with Gasteiger partial charge in [-0.05, 0) is 38.1 Å². The van der Waals surface area contributed by atoms with Crippen molar-refractivity contribution in [1.29, 1.82) is 0 Å². The van der Waals surface area contributed by atoms with Crippen molar-refractivity contribution in [1.82, 2.24) is 10.2 Å². The van der Waals surface area contributed by atoms with E-state index in [2.05, 4.69) is 14.5 Å². The SMILES string of the molecule is CC(C)N(C(=O)Cc1nnc(C(F)(F)F)s1)c1ccc(OCl)cc1. The number of rotatable bonds is 5. The molecule has 5 nitrogen and oxygen atoms in total. The summed E-state index contributed by atoms with van der Waals surface area (Å²) in [7, 11) is 0. The van der Waals surface area contributed by atoms with Gasteiger partial charge in [-0.25, -0.2) is 0 Å². The van der Waals surface area contributed by atoms with Crippen molar-refractivity contribution in [2.45, 2.75) is 32.5 Å². The molecule has 0 N–H and O–H groups in total. The Balaban J connectivity index is 2.18. The highest BCUT2D eigenvalue weighted by Crippen LogP contribution is 2.32. The maximum atomic E-state index is 12.6. The van der Waals surface area contributed by atoms with Crippen LogP contribution in [0.4, 0.5) is 18.9 Å². The third kappa shape index (κ3) is 4.35. The minimum atomic E-state index is -4.56. The van der Waals surface area contributed by atoms with Crippen LogP contribution in [0.2, 0.25) is 0 Å². The Morgan fingerprint density at radius 1 is 1.29 bits per heavy atom. The molecule has 0 unspecified atom stereocenters. The molecule has 1 heterocycles. The molecular weight excluding hydrogens is 367 g/mol. The zero-order valence-electron chi connectivity index (χ0n) is 12.7. The molecule has 24 heavy (non-hydrogen) atoms. The number of alkyl halides is 3. The Labute approximate surface area is 145 Å². The van der Waals surface area contributed by atoms with E-state index in [-0.39, 0.29) is 23.4 Å². The zero-order valence-corrected chi connectivity index (χ0v) is 14.2. The van der Waals surface area contributed by atoms with Gasteiger partial charge in [0.15, 0.2) is 0 Å². The standard InChI is InChI=1S/C14H13ClF3N3O2S/c1-8(2)21(9-3-5-10(23-15)6-4-9)12(22)7-11-19-20-13(24-11)14(16,17)18/h3-6,8H,7H2,1-2H3. The van der Waals surface area contributed by atoms with E-state index >= 15 is 0 Å². The van der Waals surface area contributed by atoms with Gasteiger partial charge in [0.25, 0.3) is 0 Å². The molecule has 0 aliphatic rings. The molecule has 2 rings (SSSR count). The third-order valence-corrected chi connectivity index (χ3v) is 4.15. The molecular formula is C14H13ClF3N3O2S. The number of halogens is 4. The number of nitrogens with zero attached hydrogens (tertiary/aromatic N) is 3. The van der Waals surface area contributed by atoms with Gasteiger partial charge in [0.1, 0.15) is 22.6 Å². The Morgan fingerprint density at radius 3 is 2.38 bits per heavy atom. The van der Waals surface area contributed by atoms with E-state index in [4.69, 9.17) is 11.9 Å². The second-order valence-electron chi connectivity index (χ2n) is 5.10. The predicted octanol–water partition coefficient (Wildman–Crippen LogP) is 4.07. The first-order chi connectivity index (χ1) is 11.2. The van der Waals surface area contributed by atoms with Crippen molar-refractivity contribution in [2.75, 3.05) is 4.90 Å². The fourth-order valence-corrected chi connectivity index (χ4v) is 2.84. The highest BCUT2D eigenvalue weighted by atomic mass is 35.5. The van der Waals surface area contributed by atoms with Crippen LogP contribution in [0.1, 0.15) is 23.9 Å². The van der Waals surface area contributed by atoms with Gasteiger partial charge in [0.2, 0.25) is 10.9 Å². The topological polar surface area (TPSA) is 55.3 Å². The van der Waals surface area contributed by atoms with Gasteiger partial charge in [0, 0.05) is 11.7 Å². The van der Waals surface area contributed by atoms with Crippen LogP contribution in [0.5, 0.6) is 5.75 Å². The lowest BCUT2D eigenvalue weighted by Crippen LogP contribution is -2.38. The molecule has 0 atom stereocenters. The van der Waals surface area contributed by atoms with Gasteiger partial charge < -0.3 is 9.19 Å². The van der Waals surface area contributed by atoms with E-state index in [9.17, 15) is 18.0 Å². The van der Waals surface area contributed by atoms with Crippen molar-refractivity contribution in [3.8, 4) is 5.75 Å². The molecule has 0 saturated heterocycles. The summed E-state index contributed by atoms with van der Waals surface area (Å²) < 4.78 is 42.2. The molecule has 0 fully saturated rings. The lowest BCUT2D eigenvalue weighted by molar-refractivity contribution is -0.138. The number of hydrogen-bond acceptors (Lipinski definition) is 5. The number of carbonyl (C=O) groups is 1. The molecule has 1 aromatic heterocycles. The van der Waals surface area contributed by atoms with Crippen LogP contribution in [0.25, 0.3) is 0 Å². The van der Waals surface area contributed by atoms with Crippen LogP contribution in [0.3, 0.4) is 0 Å². The summed E-state index contributed by atoms with van der Waals surface area (Å²) in [6.45, 7) is 3.59. The summed E-state index contributed by atoms with van der Waals surface area (Å²) in [6, 6.07) is 6.23. The normalized spacial score (nSPS) is 11.6. The fourth-order valence-electron chi connectivity index (χ4n) is 2.04. The second kappa shape index (κ2) is 7.35. The maximum absolute atomic E-state index is 12.6. The van der Waals surface area contributed by atoms with E-state index < -0.39 is 11.2 Å². The number of aromatic nitrogens is 2. The van der Waals surface area contributed by atoms with E-state index in [0.717, 1.165) is 0 Å². The smallest absolute Gasteiger partial charge is 0.386 e. The van der Waals surface area contributed by atoms with Gasteiger partial charge in [-0.1, -0.05) is 11.3 Å². The van der Waals surface area contributed by atoms with Crippen LogP contribution >= 0.6 is 23.2 Å². The average molecular weight is 380 g/mol. The van der Waals surface area contributed by atoms with Crippen molar-refractivity contribution in [3.05, 3.63) is 34.3 Å². The average Bonchev–Trinajstić information content (AvgIpc) is 2.96. The van der Waals surface area contributed by atoms with Gasteiger partial charge >= 0.3 is 6.18 Å². The molecule has 0 aliphatic carbocycles. The molecule has 0 radical (unpaired) electrons. The van der Waals surface area contributed by atoms with Crippen LogP contribution in [0, 0.1) is 0 Å². The first-order valence-electron chi connectivity index (χ1n) is 6.82. The number of benzene rings is 1. The molecule has 0 aliphatic heterocycles. The van der Waals surface area contributed by atoms with Crippen LogP contribution < -0.4 is 9.19 Å². The number of carbonyl (C=O) groups excluding carboxylic acids is 1. The Morgan fingerprint density at radius 2 is 1.92 bits per heavy atom. The minimum Gasteiger partial charge on any atom is -0.386 e. The number of amides is 1. The summed E-state index contributed by atoms with van der Waals surface area (Å²) in [5.74, 6) is 0.0323. The summed E-state index contributed by atoms with van der Waals surface area (Å²) in [5, 5.41) is 5.48. The Bertz CT molecular complexity index is 704. The van der Waals surface area contributed by atoms with E-state index in [1.165, 1.54) is 4.90 Å². The lowest BCUT2D eigenvalue weighted by Gasteiger charge is -2.26. The van der Waals surface area contributed by atoms with Gasteiger partial charge in [-0.15, -0.1) is 10.2 Å². The molecule has 10 heteroatoms. The first kappa shape index (κ1) is 18.5. The Hall–Kier alpha value is -1.87. The summed E-state index contributed by atoms with van der Waals surface area (Å²) in [6.07, 6.45) is -4.83. The second-order valence-corrected chi connectivity index (χ2v) is 6.32. The summed E-state index contributed by atoms with van der Waals surface area (Å²) in [4.78, 5) is 14.0. The summed E-state index contributed by atoms with van der Waals surface area (Å²) in [5.41, 5.74) is 0.577. The zero-order chi connectivity index (χ0) is 17.9. The first-order valence-corrected chi connectivity index (χ1v) is 7.95. The van der Waals surface area contributed by atoms with Gasteiger partial charge in [-0.3, -0.25) is 4.79 Å². The molecule has 1 amide bonds. The van der Waals surface area contributed by atoms with E-state index in [0.29, 0.717) is 22.8 Å². The number of hydrogen-bond donors (Lipinski definition) is 0. The van der Waals surface area contributed by atoms with Crippen LogP contribution in [0.15, 0.2) is 24.3 Å². The van der Waals surface area contributed by atoms with Crippen molar-refractivity contribution < 1.29 is 22.3 Å². The third-order valence-electron chi connectivity index (χ3n) is 3.00. The molecule has 2 aromatic rings. The molecule has 130 valence electrons. The largest absolute Gasteiger partial charge is 0.445 e. The van der Waals surface area contributed by atoms with E-state index in [1.54, 1.807) is 38.1 Å². The maximum Gasteiger partial charge on any atom is 0.445 e. The van der Waals surface area contributed by atoms with Crippen LogP contribution in [-0.2, 0) is 17.4 Å². The highest BCUT2D eigenvalue weighted by Gasteiger charge is 2.36. The quantitative estimate of drug-likeness (QED) is 0.785. The van der Waals surface area contributed by atoms with E-state index in [1.807, 2.05) is 0 Å². The predicted molar refractivity (Wildman–Crippen MR) is 84.2 cm³/mol. The van der Waals surface area contributed by atoms with Gasteiger partial charge in [0.05, 0.1) is 6.42 Å². The Kier molecular flexibility index (Phi) is 5.66. The summed E-state index contributed by atoms with van der Waals surface area (Å²) >= 11 is 5.61. The molecule has 1 aromatic carbocycles. The number of anilines is 1. The van der Waals surface area contributed by atoms with Gasteiger partial charge in [-0.2, -0.15) is 13.2 Å². The van der Waals surface area contributed by atoms with Crippen molar-refractivity contribution >= 4 is 34.8 Å². The van der Waals surface area contributed by atoms with Crippen molar-refractivity contribution in [3.63, 3.8) is 0 Å². The highest BCUT2D eigenvalue weighted by molar-refractivity contribution is 7.11. The fraction of sp³-hybridized carbons (Fsp3) is 0.357. The monoisotopic (exact) mass is 379 g/mol.